The predicted molar refractivity (Wildman–Crippen MR) is 111 cm³/mol. The number of ether oxygens (including phenoxy) is 1. The Morgan fingerprint density at radius 2 is 1.79 bits per heavy atom. The third kappa shape index (κ3) is 4.07. The monoisotopic (exact) mass is 378 g/mol. The van der Waals surface area contributed by atoms with Crippen molar-refractivity contribution in [3.05, 3.63) is 65.7 Å². The molecule has 1 saturated heterocycles. The van der Waals surface area contributed by atoms with Gasteiger partial charge in [0.1, 0.15) is 11.4 Å². The number of carbonyl (C=O) groups excluding carboxylic acids is 1. The van der Waals surface area contributed by atoms with Gasteiger partial charge in [-0.15, -0.1) is 0 Å². The molecule has 0 bridgehead atoms. The first-order valence-electron chi connectivity index (χ1n) is 10.4. The van der Waals surface area contributed by atoms with Gasteiger partial charge in [-0.25, -0.2) is 0 Å². The lowest BCUT2D eigenvalue weighted by atomic mass is 9.80. The summed E-state index contributed by atoms with van der Waals surface area (Å²) in [5.74, 6) is 0.999. The fraction of sp³-hybridized carbons (Fsp3) is 0.458. The molecule has 28 heavy (non-hydrogen) atoms. The zero-order chi connectivity index (χ0) is 19.6. The number of hydrogen-bond donors (Lipinski definition) is 1. The number of amides is 1. The molecule has 4 rings (SSSR count). The zero-order valence-corrected chi connectivity index (χ0v) is 16.9. The van der Waals surface area contributed by atoms with Crippen LogP contribution in [0.4, 0.5) is 0 Å². The maximum atomic E-state index is 12.7. The summed E-state index contributed by atoms with van der Waals surface area (Å²) in [4.78, 5) is 15.3. The van der Waals surface area contributed by atoms with E-state index in [0.29, 0.717) is 12.5 Å². The van der Waals surface area contributed by atoms with E-state index in [9.17, 15) is 4.79 Å². The first-order chi connectivity index (χ1) is 13.5. The Bertz CT molecular complexity index is 810. The molecular weight excluding hydrogens is 348 g/mol. The molecular formula is C24H30N2O2. The number of likely N-dealkylation sites (tertiary alicyclic amines) is 1. The maximum Gasteiger partial charge on any atom is 0.224 e. The van der Waals surface area contributed by atoms with E-state index in [1.807, 2.05) is 48.5 Å². The van der Waals surface area contributed by atoms with Crippen molar-refractivity contribution in [2.75, 3.05) is 13.1 Å². The van der Waals surface area contributed by atoms with Crippen molar-refractivity contribution >= 4 is 5.91 Å². The number of hydrogen-bond acceptors (Lipinski definition) is 3. The fourth-order valence-electron chi connectivity index (χ4n) is 4.53. The maximum absolute atomic E-state index is 12.7. The van der Waals surface area contributed by atoms with E-state index in [1.165, 1.54) is 0 Å². The summed E-state index contributed by atoms with van der Waals surface area (Å²) in [5, 5.41) is 3.30. The second-order valence-corrected chi connectivity index (χ2v) is 8.44. The number of nitrogens with zero attached hydrogens (tertiary/aromatic N) is 1. The molecule has 0 aliphatic carbocycles. The average molecular weight is 379 g/mol. The fourth-order valence-corrected chi connectivity index (χ4v) is 4.53. The Morgan fingerprint density at radius 1 is 1.11 bits per heavy atom. The van der Waals surface area contributed by atoms with Crippen LogP contribution in [0, 0.1) is 0 Å². The summed E-state index contributed by atoms with van der Waals surface area (Å²) < 4.78 is 6.54. The molecule has 2 heterocycles. The molecule has 1 atom stereocenters. The van der Waals surface area contributed by atoms with Gasteiger partial charge in [0.15, 0.2) is 0 Å². The predicted octanol–water partition coefficient (Wildman–Crippen LogP) is 4.11. The quantitative estimate of drug-likeness (QED) is 0.870. The van der Waals surface area contributed by atoms with Crippen LogP contribution in [-0.2, 0) is 11.2 Å². The second kappa shape index (κ2) is 7.96. The van der Waals surface area contributed by atoms with Gasteiger partial charge in [0, 0.05) is 31.1 Å². The van der Waals surface area contributed by atoms with Gasteiger partial charge in [-0.3, -0.25) is 4.79 Å². The molecule has 1 amide bonds. The molecule has 1 spiro atoms. The van der Waals surface area contributed by atoms with Crippen LogP contribution in [-0.4, -0.2) is 35.5 Å². The highest BCUT2D eigenvalue weighted by atomic mass is 16.5. The third-order valence-electron chi connectivity index (χ3n) is 6.18. The van der Waals surface area contributed by atoms with E-state index in [1.54, 1.807) is 0 Å². The van der Waals surface area contributed by atoms with Crippen LogP contribution in [0.15, 0.2) is 54.6 Å². The van der Waals surface area contributed by atoms with Crippen molar-refractivity contribution in [2.24, 2.45) is 0 Å². The molecule has 0 radical (unpaired) electrons. The summed E-state index contributed by atoms with van der Waals surface area (Å²) in [6, 6.07) is 18.7. The highest BCUT2D eigenvalue weighted by Gasteiger charge is 2.43. The van der Waals surface area contributed by atoms with Gasteiger partial charge >= 0.3 is 0 Å². The van der Waals surface area contributed by atoms with Crippen molar-refractivity contribution < 1.29 is 9.53 Å². The molecule has 0 saturated carbocycles. The lowest BCUT2D eigenvalue weighted by Crippen LogP contribution is -2.53. The van der Waals surface area contributed by atoms with Crippen LogP contribution < -0.4 is 10.1 Å². The molecule has 2 aromatic rings. The average Bonchev–Trinajstić information content (AvgIpc) is 2.69. The number of carbonyl (C=O) groups is 1. The van der Waals surface area contributed by atoms with Crippen molar-refractivity contribution in [1.82, 2.24) is 10.2 Å². The van der Waals surface area contributed by atoms with E-state index in [-0.39, 0.29) is 17.6 Å². The smallest absolute Gasteiger partial charge is 0.224 e. The Kier molecular flexibility index (Phi) is 5.40. The molecule has 2 aromatic carbocycles. The van der Waals surface area contributed by atoms with Gasteiger partial charge in [-0.05, 0) is 38.3 Å². The number of fused-ring (bicyclic) bond motifs is 1. The Labute approximate surface area is 167 Å². The van der Waals surface area contributed by atoms with Gasteiger partial charge in [0.05, 0.1) is 12.5 Å². The summed E-state index contributed by atoms with van der Waals surface area (Å²) in [5.41, 5.74) is 1.96. The molecule has 0 unspecified atom stereocenters. The molecule has 4 nitrogen and oxygen atoms in total. The van der Waals surface area contributed by atoms with Gasteiger partial charge in [-0.2, -0.15) is 0 Å². The molecule has 4 heteroatoms. The van der Waals surface area contributed by atoms with Crippen molar-refractivity contribution in [2.45, 2.75) is 57.2 Å². The number of rotatable bonds is 4. The Morgan fingerprint density at radius 3 is 2.50 bits per heavy atom. The van der Waals surface area contributed by atoms with Gasteiger partial charge < -0.3 is 15.0 Å². The Hall–Kier alpha value is -2.33. The molecule has 2 aliphatic rings. The van der Waals surface area contributed by atoms with Crippen molar-refractivity contribution in [3.8, 4) is 5.75 Å². The molecule has 2 aliphatic heterocycles. The highest BCUT2D eigenvalue weighted by molar-refractivity contribution is 5.79. The minimum absolute atomic E-state index is 0.00626. The van der Waals surface area contributed by atoms with Crippen LogP contribution in [0.2, 0.25) is 0 Å². The normalized spacial score (nSPS) is 21.2. The lowest BCUT2D eigenvalue weighted by molar-refractivity contribution is -0.122. The van der Waals surface area contributed by atoms with E-state index in [4.69, 9.17) is 4.74 Å². The number of benzene rings is 2. The van der Waals surface area contributed by atoms with Crippen molar-refractivity contribution in [1.29, 1.82) is 0 Å². The lowest BCUT2D eigenvalue weighted by Gasteiger charge is -2.47. The van der Waals surface area contributed by atoms with Gasteiger partial charge in [-0.1, -0.05) is 48.5 Å². The van der Waals surface area contributed by atoms with E-state index < -0.39 is 0 Å². The largest absolute Gasteiger partial charge is 0.487 e. The topological polar surface area (TPSA) is 41.6 Å². The van der Waals surface area contributed by atoms with Crippen LogP contribution in [0.25, 0.3) is 0 Å². The summed E-state index contributed by atoms with van der Waals surface area (Å²) >= 11 is 0. The molecule has 1 N–H and O–H groups in total. The van der Waals surface area contributed by atoms with E-state index in [0.717, 1.165) is 49.2 Å². The first kappa shape index (κ1) is 19.0. The van der Waals surface area contributed by atoms with Crippen LogP contribution in [0.5, 0.6) is 5.75 Å². The van der Waals surface area contributed by atoms with Gasteiger partial charge in [0.25, 0.3) is 0 Å². The first-order valence-corrected chi connectivity index (χ1v) is 10.4. The van der Waals surface area contributed by atoms with Crippen molar-refractivity contribution in [3.63, 3.8) is 0 Å². The summed E-state index contributed by atoms with van der Waals surface area (Å²) in [6.07, 6.45) is 3.26. The standard InChI is InChI=1S/C24H30N2O2/c1-18(2)26-14-12-24(13-15-26)17-21(20-10-6-7-11-22(20)28-24)25-23(27)16-19-8-4-3-5-9-19/h3-11,18,21H,12-17H2,1-2H3,(H,25,27)/t21-/m0/s1. The zero-order valence-electron chi connectivity index (χ0n) is 16.9. The summed E-state index contributed by atoms with van der Waals surface area (Å²) in [6.45, 7) is 6.60. The molecule has 148 valence electrons. The molecule has 0 aromatic heterocycles. The van der Waals surface area contributed by atoms with Crippen LogP contribution >= 0.6 is 0 Å². The highest BCUT2D eigenvalue weighted by Crippen LogP contribution is 2.44. The number of piperidine rings is 1. The Balaban J connectivity index is 1.50. The molecule has 1 fully saturated rings. The second-order valence-electron chi connectivity index (χ2n) is 8.44. The number of nitrogens with one attached hydrogen (secondary N) is 1. The van der Waals surface area contributed by atoms with Crippen LogP contribution in [0.1, 0.15) is 50.3 Å². The van der Waals surface area contributed by atoms with E-state index >= 15 is 0 Å². The van der Waals surface area contributed by atoms with E-state index in [2.05, 4.69) is 30.1 Å². The van der Waals surface area contributed by atoms with Gasteiger partial charge in [0.2, 0.25) is 5.91 Å². The number of para-hydroxylation sites is 1. The van der Waals surface area contributed by atoms with Crippen LogP contribution in [0.3, 0.4) is 0 Å². The SMILES string of the molecule is CC(C)N1CCC2(CC1)C[C@H](NC(=O)Cc1ccccc1)c1ccccc1O2. The minimum Gasteiger partial charge on any atom is -0.487 e. The summed E-state index contributed by atoms with van der Waals surface area (Å²) in [7, 11) is 0. The third-order valence-corrected chi connectivity index (χ3v) is 6.18. The minimum atomic E-state index is -0.176.